The van der Waals surface area contributed by atoms with Gasteiger partial charge in [-0.1, -0.05) is 41.5 Å². The van der Waals surface area contributed by atoms with Gasteiger partial charge in [0.2, 0.25) is 0 Å². The molecule has 2 aromatic rings. The third-order valence-electron chi connectivity index (χ3n) is 3.05. The van der Waals surface area contributed by atoms with Gasteiger partial charge in [-0.2, -0.15) is 5.10 Å². The second-order valence-electron chi connectivity index (χ2n) is 7.07. The Morgan fingerprint density at radius 1 is 1.05 bits per heavy atom. The monoisotopic (exact) mass is 261 g/mol. The number of aryl methyl sites for hydroxylation is 1. The fourth-order valence-corrected chi connectivity index (χ4v) is 1.80. The minimum Gasteiger partial charge on any atom is -0.439 e. The van der Waals surface area contributed by atoms with Crippen molar-refractivity contribution >= 4 is 0 Å². The van der Waals surface area contributed by atoms with E-state index in [2.05, 4.69) is 57.7 Å². The van der Waals surface area contributed by atoms with E-state index in [-0.39, 0.29) is 10.8 Å². The molecule has 0 saturated carbocycles. The van der Waals surface area contributed by atoms with Crippen molar-refractivity contribution in [2.24, 2.45) is 7.05 Å². The molecule has 4 heteroatoms. The van der Waals surface area contributed by atoms with Crippen molar-refractivity contribution in [1.82, 2.24) is 14.8 Å². The van der Waals surface area contributed by atoms with Gasteiger partial charge in [0.1, 0.15) is 5.69 Å². The predicted molar refractivity (Wildman–Crippen MR) is 76.1 cm³/mol. The second-order valence-corrected chi connectivity index (χ2v) is 7.07. The van der Waals surface area contributed by atoms with Gasteiger partial charge in [0.15, 0.2) is 11.7 Å². The molecule has 2 rings (SSSR count). The van der Waals surface area contributed by atoms with Gasteiger partial charge in [-0.25, -0.2) is 4.98 Å². The molecule has 0 spiro atoms. The molecular formula is C15H23N3O. The van der Waals surface area contributed by atoms with Crippen molar-refractivity contribution in [1.29, 1.82) is 0 Å². The molecule has 0 fully saturated rings. The largest absolute Gasteiger partial charge is 0.439 e. The van der Waals surface area contributed by atoms with E-state index in [4.69, 9.17) is 4.42 Å². The highest BCUT2D eigenvalue weighted by Crippen LogP contribution is 2.30. The van der Waals surface area contributed by atoms with Crippen LogP contribution in [0.3, 0.4) is 0 Å². The van der Waals surface area contributed by atoms with E-state index in [1.165, 1.54) is 0 Å². The molecular weight excluding hydrogens is 238 g/mol. The Bertz CT molecular complexity index is 579. The summed E-state index contributed by atoms with van der Waals surface area (Å²) in [7, 11) is 1.93. The van der Waals surface area contributed by atoms with E-state index in [0.717, 1.165) is 23.0 Å². The van der Waals surface area contributed by atoms with Crippen LogP contribution in [0.15, 0.2) is 16.7 Å². The maximum absolute atomic E-state index is 5.87. The average Bonchev–Trinajstić information content (AvgIpc) is 2.80. The van der Waals surface area contributed by atoms with Gasteiger partial charge >= 0.3 is 0 Å². The van der Waals surface area contributed by atoms with E-state index < -0.39 is 0 Å². The third-order valence-corrected chi connectivity index (χ3v) is 3.05. The Kier molecular flexibility index (Phi) is 3.07. The van der Waals surface area contributed by atoms with Crippen molar-refractivity contribution in [3.63, 3.8) is 0 Å². The first-order chi connectivity index (χ1) is 8.59. The summed E-state index contributed by atoms with van der Waals surface area (Å²) in [6.45, 7) is 12.7. The van der Waals surface area contributed by atoms with Crippen molar-refractivity contribution in [3.8, 4) is 11.5 Å². The fraction of sp³-hybridized carbons (Fsp3) is 0.600. The zero-order valence-electron chi connectivity index (χ0n) is 12.9. The quantitative estimate of drug-likeness (QED) is 0.786. The van der Waals surface area contributed by atoms with E-state index in [1.54, 1.807) is 6.20 Å². The summed E-state index contributed by atoms with van der Waals surface area (Å²) in [4.78, 5) is 4.37. The first-order valence-corrected chi connectivity index (χ1v) is 6.60. The molecule has 0 bridgehead atoms. The Morgan fingerprint density at radius 2 is 1.68 bits per heavy atom. The SMILES string of the molecule is Cn1nc(C(C)(C)C)cc1-c1cnc(C(C)(C)C)o1. The number of nitrogens with zero attached hydrogens (tertiary/aromatic N) is 3. The molecule has 0 radical (unpaired) electrons. The highest BCUT2D eigenvalue weighted by atomic mass is 16.4. The van der Waals surface area contributed by atoms with Gasteiger partial charge in [0, 0.05) is 17.9 Å². The van der Waals surface area contributed by atoms with Gasteiger partial charge in [-0.05, 0) is 6.07 Å². The summed E-state index contributed by atoms with van der Waals surface area (Å²) in [5.74, 6) is 1.52. The predicted octanol–water partition coefficient (Wildman–Crippen LogP) is 3.67. The molecule has 2 aromatic heterocycles. The normalized spacial score (nSPS) is 13.0. The van der Waals surface area contributed by atoms with E-state index in [1.807, 2.05) is 11.7 Å². The first-order valence-electron chi connectivity index (χ1n) is 6.60. The molecule has 0 aliphatic carbocycles. The summed E-state index contributed by atoms with van der Waals surface area (Å²) in [5, 5.41) is 4.56. The van der Waals surface area contributed by atoms with Crippen LogP contribution in [-0.2, 0) is 17.9 Å². The van der Waals surface area contributed by atoms with E-state index in [9.17, 15) is 0 Å². The van der Waals surface area contributed by atoms with Crippen LogP contribution in [0.4, 0.5) is 0 Å². The van der Waals surface area contributed by atoms with Gasteiger partial charge in [0.05, 0.1) is 11.9 Å². The van der Waals surface area contributed by atoms with Crippen molar-refractivity contribution < 1.29 is 4.42 Å². The van der Waals surface area contributed by atoms with Crippen LogP contribution >= 0.6 is 0 Å². The summed E-state index contributed by atoms with van der Waals surface area (Å²) in [6.07, 6.45) is 1.78. The van der Waals surface area contributed by atoms with Crippen molar-refractivity contribution in [2.45, 2.75) is 52.4 Å². The first kappa shape index (κ1) is 13.8. The minimum absolute atomic E-state index is 0.0306. The van der Waals surface area contributed by atoms with Crippen LogP contribution in [0.25, 0.3) is 11.5 Å². The molecule has 104 valence electrons. The van der Waals surface area contributed by atoms with Gasteiger partial charge in [-0.15, -0.1) is 0 Å². The average molecular weight is 261 g/mol. The van der Waals surface area contributed by atoms with Crippen LogP contribution in [0.1, 0.15) is 53.1 Å². The highest BCUT2D eigenvalue weighted by molar-refractivity contribution is 5.52. The topological polar surface area (TPSA) is 43.9 Å². The highest BCUT2D eigenvalue weighted by Gasteiger charge is 2.24. The van der Waals surface area contributed by atoms with Gasteiger partial charge < -0.3 is 4.42 Å². The molecule has 0 amide bonds. The second kappa shape index (κ2) is 4.22. The fourth-order valence-electron chi connectivity index (χ4n) is 1.80. The Hall–Kier alpha value is -1.58. The molecule has 0 saturated heterocycles. The Labute approximate surface area is 114 Å². The van der Waals surface area contributed by atoms with Gasteiger partial charge in [-0.3, -0.25) is 4.68 Å². The lowest BCUT2D eigenvalue weighted by atomic mass is 9.92. The van der Waals surface area contributed by atoms with Crippen molar-refractivity contribution in [2.75, 3.05) is 0 Å². The zero-order valence-corrected chi connectivity index (χ0v) is 12.9. The number of aromatic nitrogens is 3. The van der Waals surface area contributed by atoms with E-state index in [0.29, 0.717) is 0 Å². The van der Waals surface area contributed by atoms with E-state index >= 15 is 0 Å². The summed E-state index contributed by atoms with van der Waals surface area (Å²) < 4.78 is 7.72. The lowest BCUT2D eigenvalue weighted by molar-refractivity contribution is 0.397. The molecule has 2 heterocycles. The number of hydrogen-bond donors (Lipinski definition) is 0. The maximum Gasteiger partial charge on any atom is 0.200 e. The summed E-state index contributed by atoms with van der Waals surface area (Å²) in [6, 6.07) is 2.08. The Balaban J connectivity index is 2.43. The van der Waals surface area contributed by atoms with Crippen LogP contribution in [-0.4, -0.2) is 14.8 Å². The molecule has 0 unspecified atom stereocenters. The molecule has 0 atom stereocenters. The maximum atomic E-state index is 5.87. The molecule has 0 aromatic carbocycles. The third kappa shape index (κ3) is 2.72. The summed E-state index contributed by atoms with van der Waals surface area (Å²) >= 11 is 0. The number of rotatable bonds is 1. The molecule has 0 N–H and O–H groups in total. The molecule has 19 heavy (non-hydrogen) atoms. The standard InChI is InChI=1S/C15H23N3O/c1-14(2,3)12-8-10(18(7)17-12)11-9-16-13(19-11)15(4,5)6/h8-9H,1-7H3. The Morgan fingerprint density at radius 3 is 2.11 bits per heavy atom. The lowest BCUT2D eigenvalue weighted by Gasteiger charge is -2.13. The lowest BCUT2D eigenvalue weighted by Crippen LogP contribution is -2.12. The summed E-state index contributed by atoms with van der Waals surface area (Å²) in [5.41, 5.74) is 1.97. The van der Waals surface area contributed by atoms with Crippen LogP contribution in [0.2, 0.25) is 0 Å². The number of hydrogen-bond acceptors (Lipinski definition) is 3. The smallest absolute Gasteiger partial charge is 0.200 e. The van der Waals surface area contributed by atoms with Crippen LogP contribution in [0, 0.1) is 0 Å². The van der Waals surface area contributed by atoms with Gasteiger partial charge in [0.25, 0.3) is 0 Å². The number of oxazole rings is 1. The minimum atomic E-state index is -0.0797. The van der Waals surface area contributed by atoms with Crippen LogP contribution in [0.5, 0.6) is 0 Å². The molecule has 4 nitrogen and oxygen atoms in total. The van der Waals surface area contributed by atoms with Crippen LogP contribution < -0.4 is 0 Å². The molecule has 0 aliphatic heterocycles. The molecule has 0 aliphatic rings. The van der Waals surface area contributed by atoms with Crippen molar-refractivity contribution in [3.05, 3.63) is 23.8 Å². The zero-order chi connectivity index (χ0) is 14.4.